The summed E-state index contributed by atoms with van der Waals surface area (Å²) in [4.78, 5) is 0. The molecule has 1 aliphatic carbocycles. The van der Waals surface area contributed by atoms with E-state index in [0.29, 0.717) is 0 Å². The van der Waals surface area contributed by atoms with Crippen LogP contribution in [-0.2, 0) is 6.42 Å². The highest BCUT2D eigenvalue weighted by Gasteiger charge is 2.34. The molecule has 1 aromatic carbocycles. The van der Waals surface area contributed by atoms with Crippen LogP contribution in [0.2, 0.25) is 0 Å². The molecular formula is C16H24FN. The lowest BCUT2D eigenvalue weighted by molar-refractivity contribution is 0.142. The van der Waals surface area contributed by atoms with E-state index in [9.17, 15) is 4.39 Å². The first kappa shape index (κ1) is 13.5. The number of hydrogen-bond acceptors (Lipinski definition) is 1. The van der Waals surface area contributed by atoms with Crippen molar-refractivity contribution in [1.82, 2.24) is 0 Å². The number of rotatable bonds is 4. The molecule has 0 saturated heterocycles. The van der Waals surface area contributed by atoms with Crippen LogP contribution in [0.5, 0.6) is 0 Å². The molecule has 1 saturated carbocycles. The Hall–Kier alpha value is -0.890. The van der Waals surface area contributed by atoms with Gasteiger partial charge in [0.2, 0.25) is 0 Å². The molecule has 2 rings (SSSR count). The highest BCUT2D eigenvalue weighted by Crippen LogP contribution is 2.42. The van der Waals surface area contributed by atoms with Crippen LogP contribution in [0.15, 0.2) is 24.3 Å². The van der Waals surface area contributed by atoms with Gasteiger partial charge in [0.25, 0.3) is 0 Å². The van der Waals surface area contributed by atoms with Crippen molar-refractivity contribution in [3.63, 3.8) is 0 Å². The Morgan fingerprint density at radius 2 is 2.28 bits per heavy atom. The van der Waals surface area contributed by atoms with Crippen LogP contribution in [-0.4, -0.2) is 6.54 Å². The Balaban J connectivity index is 2.12. The lowest BCUT2D eigenvalue weighted by Gasteiger charge is -2.40. The summed E-state index contributed by atoms with van der Waals surface area (Å²) in [5, 5.41) is 0. The average Bonchev–Trinajstić information content (AvgIpc) is 2.39. The van der Waals surface area contributed by atoms with Gasteiger partial charge < -0.3 is 5.73 Å². The van der Waals surface area contributed by atoms with E-state index in [1.54, 1.807) is 12.1 Å². The minimum Gasteiger partial charge on any atom is -0.330 e. The maximum absolute atomic E-state index is 13.3. The van der Waals surface area contributed by atoms with E-state index in [0.717, 1.165) is 24.4 Å². The van der Waals surface area contributed by atoms with Crippen LogP contribution in [0, 0.1) is 17.2 Å². The van der Waals surface area contributed by atoms with Gasteiger partial charge in [0.15, 0.2) is 0 Å². The fourth-order valence-electron chi connectivity index (χ4n) is 3.43. The summed E-state index contributed by atoms with van der Waals surface area (Å²) in [6.07, 6.45) is 7.17. The molecule has 2 heteroatoms. The lowest BCUT2D eigenvalue weighted by atomic mass is 9.66. The smallest absolute Gasteiger partial charge is 0.123 e. The molecule has 0 heterocycles. The third-order valence-corrected chi connectivity index (χ3v) is 4.52. The Bertz CT molecular complexity index is 390. The predicted molar refractivity (Wildman–Crippen MR) is 73.8 cm³/mol. The Morgan fingerprint density at radius 3 is 2.94 bits per heavy atom. The van der Waals surface area contributed by atoms with Crippen molar-refractivity contribution in [2.75, 3.05) is 6.54 Å². The van der Waals surface area contributed by atoms with Gasteiger partial charge in [0, 0.05) is 0 Å². The van der Waals surface area contributed by atoms with Crippen LogP contribution in [0.25, 0.3) is 0 Å². The summed E-state index contributed by atoms with van der Waals surface area (Å²) < 4.78 is 13.3. The van der Waals surface area contributed by atoms with Gasteiger partial charge in [-0.15, -0.1) is 0 Å². The van der Waals surface area contributed by atoms with Gasteiger partial charge in [-0.1, -0.05) is 38.3 Å². The first-order valence-corrected chi connectivity index (χ1v) is 7.12. The molecule has 2 unspecified atom stereocenters. The largest absolute Gasteiger partial charge is 0.330 e. The zero-order chi connectivity index (χ0) is 13.0. The van der Waals surface area contributed by atoms with Crippen molar-refractivity contribution < 1.29 is 4.39 Å². The molecule has 2 N–H and O–H groups in total. The third kappa shape index (κ3) is 3.11. The fraction of sp³-hybridized carbons (Fsp3) is 0.625. The summed E-state index contributed by atoms with van der Waals surface area (Å²) >= 11 is 0. The minimum absolute atomic E-state index is 0.137. The van der Waals surface area contributed by atoms with E-state index < -0.39 is 0 Å². The van der Waals surface area contributed by atoms with Gasteiger partial charge in [-0.2, -0.15) is 0 Å². The molecule has 100 valence electrons. The molecule has 0 spiro atoms. The van der Waals surface area contributed by atoms with Crippen LogP contribution in [0.1, 0.15) is 44.6 Å². The molecule has 1 aromatic rings. The highest BCUT2D eigenvalue weighted by atomic mass is 19.1. The van der Waals surface area contributed by atoms with Gasteiger partial charge in [-0.3, -0.25) is 0 Å². The standard InChI is InChI=1S/C16H24FN/c1-2-13-6-4-8-16(10-13,12-18)11-14-5-3-7-15(17)9-14/h3,5,7,9,13H,2,4,6,8,10-12,18H2,1H3. The second kappa shape index (κ2) is 5.83. The van der Waals surface area contributed by atoms with Crippen LogP contribution in [0.3, 0.4) is 0 Å². The molecule has 0 amide bonds. The Labute approximate surface area is 110 Å². The van der Waals surface area contributed by atoms with E-state index in [4.69, 9.17) is 5.73 Å². The van der Waals surface area contributed by atoms with E-state index >= 15 is 0 Å². The number of benzene rings is 1. The molecule has 1 aliphatic rings. The summed E-state index contributed by atoms with van der Waals surface area (Å²) in [6.45, 7) is 2.99. The highest BCUT2D eigenvalue weighted by molar-refractivity contribution is 5.18. The van der Waals surface area contributed by atoms with Crippen LogP contribution in [0.4, 0.5) is 4.39 Å². The molecule has 0 aliphatic heterocycles. The number of halogens is 1. The second-order valence-corrected chi connectivity index (χ2v) is 5.88. The summed E-state index contributed by atoms with van der Waals surface area (Å²) in [5.74, 6) is 0.665. The zero-order valence-electron chi connectivity index (χ0n) is 11.3. The monoisotopic (exact) mass is 249 g/mol. The molecule has 1 nitrogen and oxygen atoms in total. The van der Waals surface area contributed by atoms with E-state index in [2.05, 4.69) is 6.92 Å². The fourth-order valence-corrected chi connectivity index (χ4v) is 3.43. The number of nitrogens with two attached hydrogens (primary N) is 1. The Morgan fingerprint density at radius 1 is 1.44 bits per heavy atom. The van der Waals surface area contributed by atoms with Crippen LogP contribution < -0.4 is 5.73 Å². The molecular weight excluding hydrogens is 225 g/mol. The Kier molecular flexibility index (Phi) is 4.39. The van der Waals surface area contributed by atoms with E-state index in [1.165, 1.54) is 38.2 Å². The lowest BCUT2D eigenvalue weighted by Crippen LogP contribution is -2.37. The summed E-state index contributed by atoms with van der Waals surface area (Å²) in [6, 6.07) is 6.99. The molecule has 0 aromatic heterocycles. The first-order valence-electron chi connectivity index (χ1n) is 7.12. The van der Waals surface area contributed by atoms with Crippen molar-refractivity contribution in [3.05, 3.63) is 35.6 Å². The van der Waals surface area contributed by atoms with Gasteiger partial charge in [-0.25, -0.2) is 4.39 Å². The van der Waals surface area contributed by atoms with Gasteiger partial charge in [0.1, 0.15) is 5.82 Å². The van der Waals surface area contributed by atoms with Crippen molar-refractivity contribution in [3.8, 4) is 0 Å². The van der Waals surface area contributed by atoms with Crippen molar-refractivity contribution in [2.24, 2.45) is 17.1 Å². The maximum Gasteiger partial charge on any atom is 0.123 e. The third-order valence-electron chi connectivity index (χ3n) is 4.52. The van der Waals surface area contributed by atoms with Crippen molar-refractivity contribution >= 4 is 0 Å². The topological polar surface area (TPSA) is 26.0 Å². The quantitative estimate of drug-likeness (QED) is 0.860. The van der Waals surface area contributed by atoms with E-state index in [-0.39, 0.29) is 11.2 Å². The van der Waals surface area contributed by atoms with Crippen LogP contribution >= 0.6 is 0 Å². The normalized spacial score (nSPS) is 28.3. The van der Waals surface area contributed by atoms with Crippen molar-refractivity contribution in [2.45, 2.75) is 45.4 Å². The zero-order valence-corrected chi connectivity index (χ0v) is 11.3. The number of hydrogen-bond donors (Lipinski definition) is 1. The summed E-state index contributed by atoms with van der Waals surface area (Å²) in [7, 11) is 0. The van der Waals surface area contributed by atoms with E-state index in [1.807, 2.05) is 6.07 Å². The predicted octanol–water partition coefficient (Wildman–Crippen LogP) is 3.91. The molecule has 0 bridgehead atoms. The van der Waals surface area contributed by atoms with Gasteiger partial charge in [-0.05, 0) is 54.8 Å². The van der Waals surface area contributed by atoms with Gasteiger partial charge in [0.05, 0.1) is 0 Å². The SMILES string of the molecule is CCC1CCCC(CN)(Cc2cccc(F)c2)C1. The van der Waals surface area contributed by atoms with Crippen molar-refractivity contribution in [1.29, 1.82) is 0 Å². The summed E-state index contributed by atoms with van der Waals surface area (Å²) in [5.41, 5.74) is 7.34. The first-order chi connectivity index (χ1) is 8.67. The van der Waals surface area contributed by atoms with Gasteiger partial charge >= 0.3 is 0 Å². The minimum atomic E-state index is -0.137. The average molecular weight is 249 g/mol. The maximum atomic E-state index is 13.3. The molecule has 2 atom stereocenters. The second-order valence-electron chi connectivity index (χ2n) is 5.88. The molecule has 0 radical (unpaired) electrons. The molecule has 18 heavy (non-hydrogen) atoms. The molecule has 1 fully saturated rings.